The van der Waals surface area contributed by atoms with Crippen molar-refractivity contribution in [3.05, 3.63) is 66.1 Å². The van der Waals surface area contributed by atoms with Gasteiger partial charge in [-0.2, -0.15) is 0 Å². The number of aromatic nitrogens is 2. The summed E-state index contributed by atoms with van der Waals surface area (Å²) in [5, 5.41) is 1.12. The first-order valence-electron chi connectivity index (χ1n) is 10.3. The number of hydrogen-bond donors (Lipinski definition) is 0. The Kier molecular flexibility index (Phi) is 4.75. The Bertz CT molecular complexity index is 1110. The van der Waals surface area contributed by atoms with E-state index in [-0.39, 0.29) is 18.4 Å². The molecular formula is C23H25N5O2. The topological polar surface area (TPSA) is 61.7 Å². The summed E-state index contributed by atoms with van der Waals surface area (Å²) in [6.07, 6.45) is 3.76. The van der Waals surface area contributed by atoms with Gasteiger partial charge >= 0.3 is 0 Å². The van der Waals surface area contributed by atoms with Gasteiger partial charge in [-0.05, 0) is 35.9 Å². The minimum Gasteiger partial charge on any atom is -0.353 e. The number of amides is 2. The number of carbonyl (C=O) groups is 2. The molecule has 2 saturated heterocycles. The summed E-state index contributed by atoms with van der Waals surface area (Å²) in [5.74, 6) is 0.0912. The highest BCUT2D eigenvalue weighted by atomic mass is 16.2. The number of aryl methyl sites for hydroxylation is 1. The lowest BCUT2D eigenvalue weighted by molar-refractivity contribution is -0.160. The Morgan fingerprint density at radius 3 is 2.80 bits per heavy atom. The van der Waals surface area contributed by atoms with Gasteiger partial charge in [0.2, 0.25) is 11.8 Å². The van der Waals surface area contributed by atoms with Crippen molar-refractivity contribution < 1.29 is 9.59 Å². The molecule has 2 aromatic heterocycles. The molecular weight excluding hydrogens is 378 g/mol. The van der Waals surface area contributed by atoms with Gasteiger partial charge in [0.1, 0.15) is 12.6 Å². The largest absolute Gasteiger partial charge is 0.353 e. The van der Waals surface area contributed by atoms with Crippen molar-refractivity contribution in [2.45, 2.75) is 19.1 Å². The van der Waals surface area contributed by atoms with Crippen LogP contribution in [0.3, 0.4) is 0 Å². The summed E-state index contributed by atoms with van der Waals surface area (Å²) >= 11 is 0. The molecule has 154 valence electrons. The molecule has 2 aliphatic heterocycles. The maximum absolute atomic E-state index is 13.2. The highest BCUT2D eigenvalue weighted by molar-refractivity contribution is 5.95. The number of carbonyl (C=O) groups excluding carboxylic acids is 2. The smallest absolute Gasteiger partial charge is 0.247 e. The Labute approximate surface area is 175 Å². The van der Waals surface area contributed by atoms with Gasteiger partial charge in [0.15, 0.2) is 0 Å². The third kappa shape index (κ3) is 3.45. The maximum atomic E-state index is 13.2. The Morgan fingerprint density at radius 2 is 1.97 bits per heavy atom. The summed E-state index contributed by atoms with van der Waals surface area (Å²) in [4.78, 5) is 36.0. The average Bonchev–Trinajstić information content (AvgIpc) is 3.16. The van der Waals surface area contributed by atoms with Crippen molar-refractivity contribution in [2.75, 3.05) is 26.2 Å². The van der Waals surface area contributed by atoms with Crippen molar-refractivity contribution in [3.63, 3.8) is 0 Å². The molecule has 0 saturated carbocycles. The predicted molar refractivity (Wildman–Crippen MR) is 113 cm³/mol. The maximum Gasteiger partial charge on any atom is 0.247 e. The molecule has 5 rings (SSSR count). The third-order valence-corrected chi connectivity index (χ3v) is 6.19. The molecule has 1 atom stereocenters. The first-order valence-corrected chi connectivity index (χ1v) is 10.3. The SMILES string of the molecule is Cn1cccc1CN1CC(=O)N2CCN(Cc3ccc4ncccc4c3)CC2C1=O. The molecule has 0 aliphatic carbocycles. The standard InChI is InChI=1S/C23H25N5O2/c1-25-9-3-5-19(25)14-27-16-22(29)28-11-10-26(15-21(28)23(27)30)13-17-6-7-20-18(12-17)4-2-8-24-20/h2-9,12,21H,10-11,13-16H2,1H3. The van der Waals surface area contributed by atoms with Crippen molar-refractivity contribution >= 4 is 22.7 Å². The molecule has 1 aromatic carbocycles. The van der Waals surface area contributed by atoms with E-state index in [1.165, 1.54) is 5.56 Å². The van der Waals surface area contributed by atoms with E-state index in [9.17, 15) is 9.59 Å². The van der Waals surface area contributed by atoms with Crippen molar-refractivity contribution in [2.24, 2.45) is 7.05 Å². The van der Waals surface area contributed by atoms with Gasteiger partial charge in [-0.15, -0.1) is 0 Å². The van der Waals surface area contributed by atoms with Crippen LogP contribution in [-0.2, 0) is 29.7 Å². The van der Waals surface area contributed by atoms with Crippen LogP contribution in [0.4, 0.5) is 0 Å². The van der Waals surface area contributed by atoms with Gasteiger partial charge in [-0.25, -0.2) is 0 Å². The second-order valence-electron chi connectivity index (χ2n) is 8.17. The van der Waals surface area contributed by atoms with Crippen LogP contribution in [0, 0.1) is 0 Å². The van der Waals surface area contributed by atoms with E-state index in [0.29, 0.717) is 19.6 Å². The van der Waals surface area contributed by atoms with Crippen molar-refractivity contribution in [1.82, 2.24) is 24.3 Å². The molecule has 0 spiro atoms. The molecule has 0 radical (unpaired) electrons. The minimum atomic E-state index is -0.401. The van der Waals surface area contributed by atoms with Crippen LogP contribution in [0.5, 0.6) is 0 Å². The normalized spacial score (nSPS) is 20.1. The third-order valence-electron chi connectivity index (χ3n) is 6.19. The lowest BCUT2D eigenvalue weighted by Crippen LogP contribution is -2.66. The number of rotatable bonds is 4. The molecule has 30 heavy (non-hydrogen) atoms. The zero-order valence-electron chi connectivity index (χ0n) is 17.1. The molecule has 7 nitrogen and oxygen atoms in total. The minimum absolute atomic E-state index is 0.0446. The molecule has 2 aliphatic rings. The second kappa shape index (κ2) is 7.57. The van der Waals surface area contributed by atoms with E-state index >= 15 is 0 Å². The van der Waals surface area contributed by atoms with Gasteiger partial charge in [0.25, 0.3) is 0 Å². The number of piperazine rings is 2. The summed E-state index contributed by atoms with van der Waals surface area (Å²) < 4.78 is 1.99. The second-order valence-corrected chi connectivity index (χ2v) is 8.17. The number of hydrogen-bond acceptors (Lipinski definition) is 4. The first kappa shape index (κ1) is 18.8. The van der Waals surface area contributed by atoms with Gasteiger partial charge in [0.05, 0.1) is 12.1 Å². The lowest BCUT2D eigenvalue weighted by atomic mass is 10.0. The van der Waals surface area contributed by atoms with Gasteiger partial charge in [0, 0.05) is 56.7 Å². The Hall–Kier alpha value is -3.19. The monoisotopic (exact) mass is 403 g/mol. The van der Waals surface area contributed by atoms with Crippen LogP contribution in [0.15, 0.2) is 54.9 Å². The zero-order chi connectivity index (χ0) is 20.7. The lowest BCUT2D eigenvalue weighted by Gasteiger charge is -2.46. The van der Waals surface area contributed by atoms with Gasteiger partial charge < -0.3 is 14.4 Å². The number of nitrogens with zero attached hydrogens (tertiary/aromatic N) is 5. The quantitative estimate of drug-likeness (QED) is 0.664. The van der Waals surface area contributed by atoms with E-state index < -0.39 is 6.04 Å². The van der Waals surface area contributed by atoms with Crippen LogP contribution < -0.4 is 0 Å². The molecule has 3 aromatic rings. The van der Waals surface area contributed by atoms with E-state index in [1.807, 2.05) is 42.1 Å². The van der Waals surface area contributed by atoms with E-state index in [2.05, 4.69) is 28.1 Å². The highest BCUT2D eigenvalue weighted by Crippen LogP contribution is 2.22. The van der Waals surface area contributed by atoms with Crippen LogP contribution in [0.1, 0.15) is 11.3 Å². The molecule has 4 heterocycles. The van der Waals surface area contributed by atoms with E-state index in [0.717, 1.165) is 29.7 Å². The highest BCUT2D eigenvalue weighted by Gasteiger charge is 2.42. The number of fused-ring (bicyclic) bond motifs is 2. The van der Waals surface area contributed by atoms with Crippen LogP contribution in [0.25, 0.3) is 10.9 Å². The Balaban J connectivity index is 1.31. The average molecular weight is 403 g/mol. The van der Waals surface area contributed by atoms with E-state index in [1.54, 1.807) is 16.0 Å². The fraction of sp³-hybridized carbons (Fsp3) is 0.348. The fourth-order valence-corrected chi connectivity index (χ4v) is 4.51. The fourth-order valence-electron chi connectivity index (χ4n) is 4.51. The Morgan fingerprint density at radius 1 is 1.07 bits per heavy atom. The zero-order valence-corrected chi connectivity index (χ0v) is 17.1. The van der Waals surface area contributed by atoms with Gasteiger partial charge in [-0.1, -0.05) is 12.1 Å². The summed E-state index contributed by atoms with van der Waals surface area (Å²) in [7, 11) is 1.96. The molecule has 0 N–H and O–H groups in total. The molecule has 2 fully saturated rings. The van der Waals surface area contributed by atoms with Crippen molar-refractivity contribution in [3.8, 4) is 0 Å². The molecule has 2 amide bonds. The molecule has 1 unspecified atom stereocenters. The first-order chi connectivity index (χ1) is 14.6. The van der Waals surface area contributed by atoms with Crippen LogP contribution >= 0.6 is 0 Å². The van der Waals surface area contributed by atoms with Crippen LogP contribution in [0.2, 0.25) is 0 Å². The molecule has 0 bridgehead atoms. The summed E-state index contributed by atoms with van der Waals surface area (Å²) in [6.45, 7) is 3.34. The van der Waals surface area contributed by atoms with Crippen LogP contribution in [-0.4, -0.2) is 68.3 Å². The molecule has 7 heteroatoms. The number of pyridine rings is 1. The van der Waals surface area contributed by atoms with E-state index in [4.69, 9.17) is 0 Å². The van der Waals surface area contributed by atoms with Gasteiger partial charge in [-0.3, -0.25) is 19.5 Å². The summed E-state index contributed by atoms with van der Waals surface area (Å²) in [5.41, 5.74) is 3.21. The summed E-state index contributed by atoms with van der Waals surface area (Å²) in [6, 6.07) is 13.8. The predicted octanol–water partition coefficient (Wildman–Crippen LogP) is 1.63. The number of benzene rings is 1. The van der Waals surface area contributed by atoms with Crippen molar-refractivity contribution in [1.29, 1.82) is 0 Å².